The standard InChI is InChI=1S/C12H8O4.C7H5NO4/c13-11(14)8-4-5-9-7(6-8)2-1-3-10(9)12(15)16;9-6(10)4-2-1-3-8-5(4)7(11)12/h1-6H,(H,13,14)(H,15,16);1-3H,(H,9,10)(H,11,12). The van der Waals surface area contributed by atoms with Crippen LogP contribution in [0.4, 0.5) is 0 Å². The third-order valence-corrected chi connectivity index (χ3v) is 3.60. The molecule has 9 nitrogen and oxygen atoms in total. The fourth-order valence-electron chi connectivity index (χ4n) is 2.35. The number of fused-ring (bicyclic) bond motifs is 1. The van der Waals surface area contributed by atoms with Crippen molar-refractivity contribution < 1.29 is 39.6 Å². The Morgan fingerprint density at radius 2 is 1.32 bits per heavy atom. The second-order valence-corrected chi connectivity index (χ2v) is 5.36. The Labute approximate surface area is 157 Å². The Morgan fingerprint density at radius 1 is 0.679 bits per heavy atom. The molecule has 9 heteroatoms. The molecule has 0 unspecified atom stereocenters. The minimum Gasteiger partial charge on any atom is -0.478 e. The second kappa shape index (κ2) is 8.41. The van der Waals surface area contributed by atoms with E-state index in [1.54, 1.807) is 12.1 Å². The van der Waals surface area contributed by atoms with Crippen LogP contribution in [0.25, 0.3) is 10.8 Å². The number of carboxylic acids is 4. The first-order chi connectivity index (χ1) is 13.2. The quantitative estimate of drug-likeness (QED) is 0.530. The van der Waals surface area contributed by atoms with E-state index in [0.29, 0.717) is 10.8 Å². The highest BCUT2D eigenvalue weighted by Crippen LogP contribution is 2.20. The number of rotatable bonds is 4. The van der Waals surface area contributed by atoms with Gasteiger partial charge in [-0.2, -0.15) is 0 Å². The zero-order valence-electron chi connectivity index (χ0n) is 14.1. The second-order valence-electron chi connectivity index (χ2n) is 5.36. The van der Waals surface area contributed by atoms with E-state index in [0.717, 1.165) is 0 Å². The van der Waals surface area contributed by atoms with Crippen LogP contribution >= 0.6 is 0 Å². The summed E-state index contributed by atoms with van der Waals surface area (Å²) in [6.07, 6.45) is 1.23. The van der Waals surface area contributed by atoms with Crippen molar-refractivity contribution in [3.63, 3.8) is 0 Å². The summed E-state index contributed by atoms with van der Waals surface area (Å²) in [5.74, 6) is -4.68. The first-order valence-corrected chi connectivity index (χ1v) is 7.63. The first kappa shape index (κ1) is 20.0. The Balaban J connectivity index is 0.000000209. The molecule has 142 valence electrons. The summed E-state index contributed by atoms with van der Waals surface area (Å²) in [7, 11) is 0. The maximum Gasteiger partial charge on any atom is 0.355 e. The molecule has 0 aliphatic carbocycles. The SMILES string of the molecule is O=C(O)c1ccc2c(C(=O)O)cccc2c1.O=C(O)c1cccnc1C(=O)O. The lowest BCUT2D eigenvalue weighted by Crippen LogP contribution is -2.09. The number of hydrogen-bond acceptors (Lipinski definition) is 5. The fraction of sp³-hybridized carbons (Fsp3) is 0. The van der Waals surface area contributed by atoms with Gasteiger partial charge < -0.3 is 20.4 Å². The van der Waals surface area contributed by atoms with Crippen molar-refractivity contribution in [3.8, 4) is 0 Å². The van der Waals surface area contributed by atoms with E-state index in [-0.39, 0.29) is 16.7 Å². The van der Waals surface area contributed by atoms with Gasteiger partial charge >= 0.3 is 23.9 Å². The van der Waals surface area contributed by atoms with Gasteiger partial charge in [-0.05, 0) is 41.1 Å². The van der Waals surface area contributed by atoms with Gasteiger partial charge in [0.1, 0.15) is 0 Å². The van der Waals surface area contributed by atoms with Crippen molar-refractivity contribution in [1.82, 2.24) is 4.98 Å². The molecule has 0 atom stereocenters. The predicted molar refractivity (Wildman–Crippen MR) is 96.0 cm³/mol. The lowest BCUT2D eigenvalue weighted by molar-refractivity contribution is 0.0646. The van der Waals surface area contributed by atoms with Crippen LogP contribution in [0.3, 0.4) is 0 Å². The molecular formula is C19H13NO8. The molecule has 2 aromatic carbocycles. The monoisotopic (exact) mass is 383 g/mol. The lowest BCUT2D eigenvalue weighted by atomic mass is 10.0. The highest BCUT2D eigenvalue weighted by Gasteiger charge is 2.15. The normalized spacial score (nSPS) is 9.86. The highest BCUT2D eigenvalue weighted by molar-refractivity contribution is 6.05. The molecule has 3 rings (SSSR count). The van der Waals surface area contributed by atoms with Crippen LogP contribution in [0, 0.1) is 0 Å². The molecule has 0 fully saturated rings. The number of benzene rings is 2. The van der Waals surface area contributed by atoms with Gasteiger partial charge in [-0.3, -0.25) is 0 Å². The summed E-state index contributed by atoms with van der Waals surface area (Å²) in [6, 6.07) is 11.7. The molecule has 1 aromatic heterocycles. The number of aromatic nitrogens is 1. The summed E-state index contributed by atoms with van der Waals surface area (Å²) in [4.78, 5) is 45.9. The van der Waals surface area contributed by atoms with E-state index < -0.39 is 29.6 Å². The number of aromatic carboxylic acids is 4. The van der Waals surface area contributed by atoms with Crippen LogP contribution in [0.15, 0.2) is 54.7 Å². The number of pyridine rings is 1. The van der Waals surface area contributed by atoms with E-state index in [1.165, 1.54) is 42.6 Å². The smallest absolute Gasteiger partial charge is 0.355 e. The van der Waals surface area contributed by atoms with Gasteiger partial charge in [-0.25, -0.2) is 24.2 Å². The van der Waals surface area contributed by atoms with Crippen LogP contribution in [0.2, 0.25) is 0 Å². The van der Waals surface area contributed by atoms with Crippen LogP contribution in [-0.4, -0.2) is 49.3 Å². The average Bonchev–Trinajstić information content (AvgIpc) is 2.67. The van der Waals surface area contributed by atoms with E-state index in [9.17, 15) is 19.2 Å². The van der Waals surface area contributed by atoms with Crippen molar-refractivity contribution in [3.05, 3.63) is 77.1 Å². The largest absolute Gasteiger partial charge is 0.478 e. The molecule has 4 N–H and O–H groups in total. The minimum atomic E-state index is -1.34. The first-order valence-electron chi connectivity index (χ1n) is 7.63. The molecular weight excluding hydrogens is 370 g/mol. The van der Waals surface area contributed by atoms with Crippen molar-refractivity contribution in [2.75, 3.05) is 0 Å². The zero-order valence-corrected chi connectivity index (χ0v) is 14.1. The molecule has 3 aromatic rings. The van der Waals surface area contributed by atoms with E-state index in [1.807, 2.05) is 0 Å². The van der Waals surface area contributed by atoms with Crippen molar-refractivity contribution in [2.45, 2.75) is 0 Å². The zero-order chi connectivity index (χ0) is 20.8. The molecule has 0 aliphatic heterocycles. The third-order valence-electron chi connectivity index (χ3n) is 3.60. The van der Waals surface area contributed by atoms with E-state index >= 15 is 0 Å². The molecule has 28 heavy (non-hydrogen) atoms. The molecule has 1 heterocycles. The lowest BCUT2D eigenvalue weighted by Gasteiger charge is -2.03. The van der Waals surface area contributed by atoms with Gasteiger partial charge in [0.2, 0.25) is 0 Å². The van der Waals surface area contributed by atoms with Gasteiger partial charge in [-0.1, -0.05) is 18.2 Å². The van der Waals surface area contributed by atoms with Crippen molar-refractivity contribution in [1.29, 1.82) is 0 Å². The maximum atomic E-state index is 10.9. The van der Waals surface area contributed by atoms with Gasteiger partial charge in [0.15, 0.2) is 5.69 Å². The molecule has 0 spiro atoms. The molecule has 0 aliphatic rings. The fourth-order valence-corrected chi connectivity index (χ4v) is 2.35. The maximum absolute atomic E-state index is 10.9. The van der Waals surface area contributed by atoms with E-state index in [4.69, 9.17) is 20.4 Å². The van der Waals surface area contributed by atoms with Gasteiger partial charge in [-0.15, -0.1) is 0 Å². The number of carbonyl (C=O) groups is 4. The number of nitrogens with zero attached hydrogens (tertiary/aromatic N) is 1. The summed E-state index contributed by atoms with van der Waals surface area (Å²) in [5.41, 5.74) is -0.417. The average molecular weight is 383 g/mol. The Morgan fingerprint density at radius 3 is 1.86 bits per heavy atom. The van der Waals surface area contributed by atoms with Gasteiger partial charge in [0.05, 0.1) is 16.7 Å². The summed E-state index contributed by atoms with van der Waals surface area (Å²) >= 11 is 0. The number of hydrogen-bond donors (Lipinski definition) is 4. The molecule has 0 saturated heterocycles. The van der Waals surface area contributed by atoms with Crippen molar-refractivity contribution in [2.24, 2.45) is 0 Å². The molecule has 0 saturated carbocycles. The van der Waals surface area contributed by atoms with Crippen LogP contribution in [-0.2, 0) is 0 Å². The number of carboxylic acid groups (broad SMARTS) is 4. The summed E-state index contributed by atoms with van der Waals surface area (Å²) in [5, 5.41) is 35.9. The predicted octanol–water partition coefficient (Wildman–Crippen LogP) is 2.71. The molecule has 0 bridgehead atoms. The third kappa shape index (κ3) is 4.47. The van der Waals surface area contributed by atoms with Crippen LogP contribution in [0.1, 0.15) is 41.6 Å². The Bertz CT molecular complexity index is 1060. The highest BCUT2D eigenvalue weighted by atomic mass is 16.4. The van der Waals surface area contributed by atoms with Crippen LogP contribution in [0.5, 0.6) is 0 Å². The summed E-state index contributed by atoms with van der Waals surface area (Å²) in [6.45, 7) is 0. The van der Waals surface area contributed by atoms with E-state index in [2.05, 4.69) is 4.98 Å². The Hall–Kier alpha value is -4.27. The minimum absolute atomic E-state index is 0.148. The topological polar surface area (TPSA) is 162 Å². The summed E-state index contributed by atoms with van der Waals surface area (Å²) < 4.78 is 0. The molecule has 0 amide bonds. The van der Waals surface area contributed by atoms with Gasteiger partial charge in [0.25, 0.3) is 0 Å². The van der Waals surface area contributed by atoms with Crippen LogP contribution < -0.4 is 0 Å². The van der Waals surface area contributed by atoms with Gasteiger partial charge in [0, 0.05) is 6.20 Å². The Kier molecular flexibility index (Phi) is 6.02. The molecule has 0 radical (unpaired) electrons. The van der Waals surface area contributed by atoms with Crippen molar-refractivity contribution >= 4 is 34.6 Å².